The lowest BCUT2D eigenvalue weighted by Crippen LogP contribution is -2.46. The number of carbonyl (C=O) groups is 1. The zero-order chi connectivity index (χ0) is 23.0. The number of nitrogens with zero attached hydrogens (tertiary/aromatic N) is 6. The number of aromatic nitrogens is 4. The smallest absolute Gasteiger partial charge is 0.234 e. The Balaban J connectivity index is 1.31. The normalized spacial score (nSPS) is 14.2. The molecule has 0 atom stereocenters. The van der Waals surface area contributed by atoms with Crippen LogP contribution in [-0.2, 0) is 4.79 Å². The summed E-state index contributed by atoms with van der Waals surface area (Å²) < 4.78 is 6.95. The van der Waals surface area contributed by atoms with Crippen LogP contribution in [0.3, 0.4) is 0 Å². The maximum absolute atomic E-state index is 12.5. The Morgan fingerprint density at radius 2 is 1.91 bits per heavy atom. The van der Waals surface area contributed by atoms with Crippen LogP contribution < -0.4 is 15.0 Å². The van der Waals surface area contributed by atoms with E-state index in [1.54, 1.807) is 11.8 Å². The first-order valence-corrected chi connectivity index (χ1v) is 11.7. The van der Waals surface area contributed by atoms with Gasteiger partial charge in [0.15, 0.2) is 0 Å². The Bertz CT molecular complexity index is 1080. The maximum Gasteiger partial charge on any atom is 0.234 e. The molecule has 1 saturated heterocycles. The van der Waals surface area contributed by atoms with Gasteiger partial charge in [0.2, 0.25) is 11.1 Å². The third-order valence-electron chi connectivity index (χ3n) is 5.36. The van der Waals surface area contributed by atoms with Crippen LogP contribution >= 0.6 is 11.8 Å². The number of rotatable bonds is 9. The molecule has 2 aromatic carbocycles. The number of benzene rings is 2. The van der Waals surface area contributed by atoms with Crippen molar-refractivity contribution in [3.63, 3.8) is 0 Å². The molecule has 4 rings (SSSR count). The molecule has 1 aliphatic heterocycles. The minimum absolute atomic E-state index is 0.125. The highest BCUT2D eigenvalue weighted by molar-refractivity contribution is 7.99. The van der Waals surface area contributed by atoms with E-state index < -0.39 is 0 Å². The van der Waals surface area contributed by atoms with Crippen LogP contribution in [0.15, 0.2) is 66.3 Å². The summed E-state index contributed by atoms with van der Waals surface area (Å²) in [6, 6.07) is 15.4. The van der Waals surface area contributed by atoms with Crippen LogP contribution in [0.25, 0.3) is 5.69 Å². The fourth-order valence-corrected chi connectivity index (χ4v) is 4.36. The predicted molar refractivity (Wildman–Crippen MR) is 130 cm³/mol. The van der Waals surface area contributed by atoms with Crippen molar-refractivity contribution >= 4 is 29.0 Å². The Labute approximate surface area is 197 Å². The summed E-state index contributed by atoms with van der Waals surface area (Å²) in [7, 11) is 1.59. The molecule has 2 heterocycles. The van der Waals surface area contributed by atoms with Crippen molar-refractivity contribution in [2.24, 2.45) is 0 Å². The lowest BCUT2D eigenvalue weighted by molar-refractivity contribution is -0.113. The summed E-state index contributed by atoms with van der Waals surface area (Å²) >= 11 is 1.26. The molecule has 0 unspecified atom stereocenters. The van der Waals surface area contributed by atoms with Crippen LogP contribution in [0.5, 0.6) is 5.75 Å². The first-order chi connectivity index (χ1) is 16.2. The largest absolute Gasteiger partial charge is 0.494 e. The second-order valence-corrected chi connectivity index (χ2v) is 8.45. The molecule has 1 fully saturated rings. The van der Waals surface area contributed by atoms with E-state index in [1.807, 2.05) is 54.6 Å². The topological polar surface area (TPSA) is 88.4 Å². The molecule has 1 N–H and O–H groups in total. The molecule has 0 bridgehead atoms. The van der Waals surface area contributed by atoms with Crippen LogP contribution in [-0.4, -0.2) is 76.6 Å². The number of ether oxygens (including phenoxy) is 1. The standard InChI is InChI=1S/C23H27N7O2S/c1-3-12-28-13-15-29(16-14-28)19-10-8-18(9-11-19)24-22(31)17-33-23-25-26-27-30(23)20-6-4-5-7-21(20)32-2/h3-11H,1,12-17H2,2H3,(H,24,31). The minimum Gasteiger partial charge on any atom is -0.494 e. The van der Waals surface area contributed by atoms with Gasteiger partial charge in [-0.05, 0) is 46.8 Å². The average Bonchev–Trinajstić information content (AvgIpc) is 3.32. The summed E-state index contributed by atoms with van der Waals surface area (Å²) in [6.45, 7) is 8.76. The second kappa shape index (κ2) is 11.0. The van der Waals surface area contributed by atoms with E-state index in [1.165, 1.54) is 11.8 Å². The van der Waals surface area contributed by atoms with Crippen LogP contribution in [0, 0.1) is 0 Å². The molecule has 1 aliphatic rings. The Hall–Kier alpha value is -3.37. The molecular weight excluding hydrogens is 438 g/mol. The summed E-state index contributed by atoms with van der Waals surface area (Å²) in [5.41, 5.74) is 2.64. The summed E-state index contributed by atoms with van der Waals surface area (Å²) in [4.78, 5) is 17.3. The fraction of sp³-hybridized carbons (Fsp3) is 0.304. The number of anilines is 2. The number of methoxy groups -OCH3 is 1. The molecule has 172 valence electrons. The van der Waals surface area contributed by atoms with Gasteiger partial charge in [0, 0.05) is 44.1 Å². The van der Waals surface area contributed by atoms with Gasteiger partial charge in [-0.3, -0.25) is 9.69 Å². The zero-order valence-corrected chi connectivity index (χ0v) is 19.4. The lowest BCUT2D eigenvalue weighted by atomic mass is 10.2. The van der Waals surface area contributed by atoms with E-state index in [9.17, 15) is 4.79 Å². The van der Waals surface area contributed by atoms with Crippen molar-refractivity contribution in [1.82, 2.24) is 25.1 Å². The van der Waals surface area contributed by atoms with Gasteiger partial charge in [-0.25, -0.2) is 0 Å². The van der Waals surface area contributed by atoms with Crippen molar-refractivity contribution in [3.8, 4) is 11.4 Å². The van der Waals surface area contributed by atoms with E-state index >= 15 is 0 Å². The highest BCUT2D eigenvalue weighted by atomic mass is 32.2. The first-order valence-electron chi connectivity index (χ1n) is 10.7. The number of nitrogens with one attached hydrogen (secondary N) is 1. The number of piperazine rings is 1. The maximum atomic E-state index is 12.5. The number of tetrazole rings is 1. The highest BCUT2D eigenvalue weighted by Crippen LogP contribution is 2.26. The zero-order valence-electron chi connectivity index (χ0n) is 18.6. The SMILES string of the molecule is C=CCN1CCN(c2ccc(NC(=O)CSc3nnnn3-c3ccccc3OC)cc2)CC1. The Kier molecular flexibility index (Phi) is 7.59. The predicted octanol–water partition coefficient (Wildman–Crippen LogP) is 2.71. The van der Waals surface area contributed by atoms with E-state index in [-0.39, 0.29) is 11.7 Å². The molecule has 1 amide bonds. The van der Waals surface area contributed by atoms with Crippen molar-refractivity contribution < 1.29 is 9.53 Å². The molecule has 0 aliphatic carbocycles. The molecule has 1 aromatic heterocycles. The van der Waals surface area contributed by atoms with Crippen molar-refractivity contribution in [2.45, 2.75) is 5.16 Å². The van der Waals surface area contributed by atoms with E-state index in [0.717, 1.165) is 44.1 Å². The summed E-state index contributed by atoms with van der Waals surface area (Å²) in [6.07, 6.45) is 1.95. The van der Waals surface area contributed by atoms with E-state index in [2.05, 4.69) is 37.2 Å². The number of amides is 1. The molecule has 0 saturated carbocycles. The summed E-state index contributed by atoms with van der Waals surface area (Å²) in [5, 5.41) is 15.3. The Morgan fingerprint density at radius 1 is 1.15 bits per heavy atom. The third-order valence-corrected chi connectivity index (χ3v) is 6.28. The van der Waals surface area contributed by atoms with E-state index in [4.69, 9.17) is 4.74 Å². The molecule has 33 heavy (non-hydrogen) atoms. The molecule has 3 aromatic rings. The Morgan fingerprint density at radius 3 is 2.64 bits per heavy atom. The van der Waals surface area contributed by atoms with Gasteiger partial charge in [-0.2, -0.15) is 4.68 Å². The van der Waals surface area contributed by atoms with Gasteiger partial charge in [0.1, 0.15) is 11.4 Å². The van der Waals surface area contributed by atoms with Crippen LogP contribution in [0.1, 0.15) is 0 Å². The molecule has 0 spiro atoms. The van der Waals surface area contributed by atoms with Crippen molar-refractivity contribution in [1.29, 1.82) is 0 Å². The molecular formula is C23H27N7O2S. The molecule has 9 nitrogen and oxygen atoms in total. The van der Waals surface area contributed by atoms with Gasteiger partial charge in [-0.1, -0.05) is 30.0 Å². The number of hydrogen-bond donors (Lipinski definition) is 1. The van der Waals surface area contributed by atoms with Gasteiger partial charge in [0.05, 0.1) is 12.9 Å². The number of carbonyl (C=O) groups excluding carboxylic acids is 1. The summed E-state index contributed by atoms with van der Waals surface area (Å²) in [5.74, 6) is 0.710. The first kappa shape index (κ1) is 22.8. The van der Waals surface area contributed by atoms with E-state index in [0.29, 0.717) is 16.6 Å². The quantitative estimate of drug-likeness (QED) is 0.381. The highest BCUT2D eigenvalue weighted by Gasteiger charge is 2.17. The van der Waals surface area contributed by atoms with Gasteiger partial charge in [-0.15, -0.1) is 11.7 Å². The lowest BCUT2D eigenvalue weighted by Gasteiger charge is -2.35. The molecule has 0 radical (unpaired) electrons. The van der Waals surface area contributed by atoms with Gasteiger partial charge in [0.25, 0.3) is 0 Å². The number of para-hydroxylation sites is 2. The number of hydrogen-bond acceptors (Lipinski definition) is 8. The molecule has 10 heteroatoms. The van der Waals surface area contributed by atoms with Crippen LogP contribution in [0.4, 0.5) is 11.4 Å². The van der Waals surface area contributed by atoms with Crippen molar-refractivity contribution in [3.05, 3.63) is 61.2 Å². The third kappa shape index (κ3) is 5.71. The fourth-order valence-electron chi connectivity index (χ4n) is 3.68. The second-order valence-electron chi connectivity index (χ2n) is 7.51. The average molecular weight is 466 g/mol. The van der Waals surface area contributed by atoms with Gasteiger partial charge < -0.3 is 15.0 Å². The van der Waals surface area contributed by atoms with Crippen molar-refractivity contribution in [2.75, 3.05) is 55.8 Å². The van der Waals surface area contributed by atoms with Gasteiger partial charge >= 0.3 is 0 Å². The monoisotopic (exact) mass is 465 g/mol. The minimum atomic E-state index is -0.125. The number of thioether (sulfide) groups is 1. The van der Waals surface area contributed by atoms with Crippen LogP contribution in [0.2, 0.25) is 0 Å².